The van der Waals surface area contributed by atoms with Crippen molar-refractivity contribution in [1.29, 1.82) is 0 Å². The van der Waals surface area contributed by atoms with Gasteiger partial charge in [0.15, 0.2) is 5.41 Å². The molecule has 0 saturated heterocycles. The molecule has 4 heteroatoms. The van der Waals surface area contributed by atoms with E-state index in [2.05, 4.69) is 12.1 Å². The van der Waals surface area contributed by atoms with Crippen LogP contribution in [0.2, 0.25) is 0 Å². The third-order valence-corrected chi connectivity index (χ3v) is 6.06. The molecule has 1 aliphatic heterocycles. The van der Waals surface area contributed by atoms with Crippen LogP contribution in [0.15, 0.2) is 66.7 Å². The zero-order valence-electron chi connectivity index (χ0n) is 14.8. The predicted octanol–water partition coefficient (Wildman–Crippen LogP) is 4.19. The number of ether oxygens (including phenoxy) is 2. The Morgan fingerprint density at radius 3 is 2.56 bits per heavy atom. The third kappa shape index (κ3) is 2.04. The van der Waals surface area contributed by atoms with Gasteiger partial charge in [0.05, 0.1) is 7.11 Å². The second-order valence-electron chi connectivity index (χ2n) is 7.25. The zero-order valence-corrected chi connectivity index (χ0v) is 14.8. The van der Waals surface area contributed by atoms with E-state index in [0.29, 0.717) is 12.2 Å². The smallest absolute Gasteiger partial charge is 0.329 e. The van der Waals surface area contributed by atoms with E-state index in [1.165, 1.54) is 7.11 Å². The largest absolute Gasteiger partial charge is 0.468 e. The van der Waals surface area contributed by atoms with Crippen LogP contribution in [-0.2, 0) is 14.3 Å². The molecule has 0 N–H and O–H groups in total. The quantitative estimate of drug-likeness (QED) is 0.392. The summed E-state index contributed by atoms with van der Waals surface area (Å²) in [7, 11) is 1.33. The molecular formula is C23H18O4. The average Bonchev–Trinajstić information content (AvgIpc) is 2.69. The molecule has 3 aromatic carbocycles. The number of esters is 2. The number of methoxy groups -OCH3 is 1. The second kappa shape index (κ2) is 5.68. The van der Waals surface area contributed by atoms with Crippen LogP contribution in [0, 0.1) is 5.41 Å². The Balaban J connectivity index is 1.78. The summed E-state index contributed by atoms with van der Waals surface area (Å²) in [5.41, 5.74) is 0.778. The van der Waals surface area contributed by atoms with Crippen molar-refractivity contribution in [3.63, 3.8) is 0 Å². The second-order valence-corrected chi connectivity index (χ2v) is 7.25. The Hall–Kier alpha value is -3.14. The topological polar surface area (TPSA) is 52.6 Å². The van der Waals surface area contributed by atoms with E-state index in [1.54, 1.807) is 0 Å². The van der Waals surface area contributed by atoms with Gasteiger partial charge in [0.25, 0.3) is 0 Å². The molecule has 3 atom stereocenters. The molecule has 0 spiro atoms. The van der Waals surface area contributed by atoms with Crippen LogP contribution in [0.5, 0.6) is 5.75 Å². The van der Waals surface area contributed by atoms with Crippen molar-refractivity contribution in [2.24, 2.45) is 5.41 Å². The molecule has 0 aromatic heterocycles. The highest BCUT2D eigenvalue weighted by atomic mass is 16.6. The van der Waals surface area contributed by atoms with E-state index in [0.717, 1.165) is 21.9 Å². The molecule has 0 radical (unpaired) electrons. The fraction of sp³-hybridized carbons (Fsp3) is 0.217. The molecule has 4 nitrogen and oxygen atoms in total. The van der Waals surface area contributed by atoms with Crippen molar-refractivity contribution in [3.8, 4) is 5.75 Å². The highest BCUT2D eigenvalue weighted by molar-refractivity contribution is 6.07. The van der Waals surface area contributed by atoms with Crippen LogP contribution < -0.4 is 4.74 Å². The van der Waals surface area contributed by atoms with Crippen molar-refractivity contribution in [2.45, 2.75) is 18.3 Å². The summed E-state index contributed by atoms with van der Waals surface area (Å²) < 4.78 is 10.7. The molecule has 0 unspecified atom stereocenters. The maximum absolute atomic E-state index is 12.9. The molecule has 0 amide bonds. The van der Waals surface area contributed by atoms with Crippen LogP contribution in [0.3, 0.4) is 0 Å². The van der Waals surface area contributed by atoms with Gasteiger partial charge in [-0.05, 0) is 34.7 Å². The van der Waals surface area contributed by atoms with Crippen LogP contribution in [-0.4, -0.2) is 19.0 Å². The van der Waals surface area contributed by atoms with E-state index in [4.69, 9.17) is 9.47 Å². The lowest BCUT2D eigenvalue weighted by atomic mass is 9.48. The van der Waals surface area contributed by atoms with Gasteiger partial charge in [0, 0.05) is 11.5 Å². The summed E-state index contributed by atoms with van der Waals surface area (Å²) >= 11 is 0. The summed E-state index contributed by atoms with van der Waals surface area (Å²) in [6.07, 6.45) is 0.399. The van der Waals surface area contributed by atoms with Crippen molar-refractivity contribution >= 4 is 22.7 Å². The minimum Gasteiger partial charge on any atom is -0.468 e. The van der Waals surface area contributed by atoms with Gasteiger partial charge in [0.1, 0.15) is 5.75 Å². The van der Waals surface area contributed by atoms with Gasteiger partial charge >= 0.3 is 11.9 Å². The van der Waals surface area contributed by atoms with Crippen LogP contribution in [0.1, 0.15) is 29.4 Å². The zero-order chi connectivity index (χ0) is 18.6. The standard InChI is InChI=1S/C23H18O4/c1-26-21(24)23-13-17(14-7-3-2-4-8-14)20(23)19-16-10-6-5-9-15(16)11-12-18(19)27-22(23)25/h2-12,17,20H,13H2,1H3/t17-,20+,23+/m1/s1. The van der Waals surface area contributed by atoms with Gasteiger partial charge in [-0.2, -0.15) is 0 Å². The molecular weight excluding hydrogens is 340 g/mol. The fourth-order valence-electron chi connectivity index (χ4n) is 4.80. The molecule has 1 aliphatic carbocycles. The van der Waals surface area contributed by atoms with E-state index in [9.17, 15) is 9.59 Å². The molecule has 3 aromatic rings. The normalized spacial score (nSPS) is 25.7. The number of fused-ring (bicyclic) bond motifs is 5. The van der Waals surface area contributed by atoms with Crippen molar-refractivity contribution < 1.29 is 19.1 Å². The number of hydrogen-bond donors (Lipinski definition) is 0. The van der Waals surface area contributed by atoms with Gasteiger partial charge in [-0.1, -0.05) is 60.7 Å². The molecule has 2 aliphatic rings. The SMILES string of the molecule is COC(=O)[C@]12C[C@H](c3ccccc3)[C@H]1c1c(ccc3ccccc13)OC2=O. The lowest BCUT2D eigenvalue weighted by Gasteiger charge is -2.54. The first-order valence-electron chi connectivity index (χ1n) is 9.04. The van der Waals surface area contributed by atoms with Crippen LogP contribution in [0.25, 0.3) is 10.8 Å². The van der Waals surface area contributed by atoms with Gasteiger partial charge in [-0.25, -0.2) is 0 Å². The molecule has 1 heterocycles. The number of carbonyl (C=O) groups excluding carboxylic acids is 2. The third-order valence-electron chi connectivity index (χ3n) is 6.06. The first-order chi connectivity index (χ1) is 13.2. The molecule has 1 fully saturated rings. The van der Waals surface area contributed by atoms with E-state index in [-0.39, 0.29) is 11.8 Å². The number of hydrogen-bond acceptors (Lipinski definition) is 4. The number of rotatable bonds is 2. The first kappa shape index (κ1) is 16.1. The monoisotopic (exact) mass is 358 g/mol. The van der Waals surface area contributed by atoms with Gasteiger partial charge < -0.3 is 9.47 Å². The lowest BCUT2D eigenvalue weighted by Crippen LogP contribution is -2.59. The summed E-state index contributed by atoms with van der Waals surface area (Å²) in [6, 6.07) is 21.8. The highest BCUT2D eigenvalue weighted by Crippen LogP contribution is 2.66. The van der Waals surface area contributed by atoms with E-state index < -0.39 is 17.4 Å². The summed E-state index contributed by atoms with van der Waals surface area (Å²) in [5.74, 6) is -0.709. The fourth-order valence-corrected chi connectivity index (χ4v) is 4.80. The Labute approximate surface area is 156 Å². The van der Waals surface area contributed by atoms with Gasteiger partial charge in [-0.3, -0.25) is 9.59 Å². The predicted molar refractivity (Wildman–Crippen MR) is 101 cm³/mol. The van der Waals surface area contributed by atoms with Crippen molar-refractivity contribution in [1.82, 2.24) is 0 Å². The maximum atomic E-state index is 12.9. The molecule has 1 saturated carbocycles. The molecule has 5 rings (SSSR count). The summed E-state index contributed by atoms with van der Waals surface area (Å²) in [4.78, 5) is 25.7. The minimum absolute atomic E-state index is 0.0581. The molecule has 0 bridgehead atoms. The Morgan fingerprint density at radius 2 is 1.78 bits per heavy atom. The Morgan fingerprint density at radius 1 is 1.04 bits per heavy atom. The summed E-state index contributed by atoms with van der Waals surface area (Å²) in [6.45, 7) is 0. The van der Waals surface area contributed by atoms with Crippen LogP contribution >= 0.6 is 0 Å². The van der Waals surface area contributed by atoms with Crippen LogP contribution in [0.4, 0.5) is 0 Å². The van der Waals surface area contributed by atoms with E-state index >= 15 is 0 Å². The van der Waals surface area contributed by atoms with E-state index in [1.807, 2.05) is 54.6 Å². The Bertz CT molecular complexity index is 1070. The minimum atomic E-state index is -1.27. The first-order valence-corrected chi connectivity index (χ1v) is 9.04. The van der Waals surface area contributed by atoms with Gasteiger partial charge in [-0.15, -0.1) is 0 Å². The molecule has 134 valence electrons. The van der Waals surface area contributed by atoms with Gasteiger partial charge in [0.2, 0.25) is 0 Å². The molecule has 27 heavy (non-hydrogen) atoms. The van der Waals surface area contributed by atoms with Crippen molar-refractivity contribution in [2.75, 3.05) is 7.11 Å². The van der Waals surface area contributed by atoms with Crippen molar-refractivity contribution in [3.05, 3.63) is 77.9 Å². The lowest BCUT2D eigenvalue weighted by molar-refractivity contribution is -0.179. The number of carbonyl (C=O) groups is 2. The number of benzene rings is 3. The average molecular weight is 358 g/mol. The maximum Gasteiger partial charge on any atom is 0.329 e. The highest BCUT2D eigenvalue weighted by Gasteiger charge is 2.69. The summed E-state index contributed by atoms with van der Waals surface area (Å²) in [5, 5.41) is 2.08. The Kier molecular flexibility index (Phi) is 3.38.